The van der Waals surface area contributed by atoms with E-state index in [1.165, 1.54) is 122 Å². The molecular weight excluding hydrogens is 470 g/mol. The summed E-state index contributed by atoms with van der Waals surface area (Å²) in [5.74, 6) is 0.769. The maximum absolute atomic E-state index is 12.3. The molecule has 0 heterocycles. The second-order valence-corrected chi connectivity index (χ2v) is 12.1. The van der Waals surface area contributed by atoms with E-state index in [0.29, 0.717) is 6.42 Å². The van der Waals surface area contributed by atoms with Gasteiger partial charge in [-0.1, -0.05) is 161 Å². The molecule has 0 aliphatic rings. The van der Waals surface area contributed by atoms with Crippen LogP contribution < -0.4 is 5.32 Å². The predicted molar refractivity (Wildman–Crippen MR) is 165 cm³/mol. The highest BCUT2D eigenvalue weighted by molar-refractivity contribution is 5.76. The lowest BCUT2D eigenvalue weighted by atomic mass is 10.0. The Kier molecular flexibility index (Phi) is 28.5. The van der Waals surface area contributed by atoms with Gasteiger partial charge in [-0.3, -0.25) is 4.79 Å². The first kappa shape index (κ1) is 37.1. The molecule has 2 atom stereocenters. The summed E-state index contributed by atoms with van der Waals surface area (Å²) in [5, 5.41) is 22.8. The van der Waals surface area contributed by atoms with E-state index >= 15 is 0 Å². The molecular formula is C34H67NO3. The maximum atomic E-state index is 12.3. The van der Waals surface area contributed by atoms with Crippen molar-refractivity contribution in [1.82, 2.24) is 5.32 Å². The van der Waals surface area contributed by atoms with Crippen molar-refractivity contribution >= 4 is 5.91 Å². The van der Waals surface area contributed by atoms with E-state index < -0.39 is 12.1 Å². The van der Waals surface area contributed by atoms with Crippen LogP contribution >= 0.6 is 0 Å². The molecule has 0 aliphatic carbocycles. The number of allylic oxidation sites excluding steroid dienone is 1. The Morgan fingerprint density at radius 3 is 1.61 bits per heavy atom. The normalized spacial score (nSPS) is 13.4. The number of nitrogens with one attached hydrogen (secondary N) is 1. The van der Waals surface area contributed by atoms with Crippen molar-refractivity contribution in [3.63, 3.8) is 0 Å². The van der Waals surface area contributed by atoms with Crippen LogP contribution in [-0.2, 0) is 4.79 Å². The molecule has 0 spiro atoms. The van der Waals surface area contributed by atoms with Gasteiger partial charge in [0, 0.05) is 6.42 Å². The van der Waals surface area contributed by atoms with E-state index in [9.17, 15) is 15.0 Å². The first-order chi connectivity index (χ1) is 18.5. The number of carbonyl (C=O) groups excluding carboxylic acids is 1. The van der Waals surface area contributed by atoms with Gasteiger partial charge in [0.2, 0.25) is 5.91 Å². The second kappa shape index (κ2) is 29.1. The van der Waals surface area contributed by atoms with Gasteiger partial charge in [-0.25, -0.2) is 0 Å². The van der Waals surface area contributed by atoms with Gasteiger partial charge in [0.1, 0.15) is 0 Å². The molecule has 0 bridgehead atoms. The molecule has 4 heteroatoms. The van der Waals surface area contributed by atoms with Gasteiger partial charge in [0.05, 0.1) is 18.8 Å². The SMILES string of the molecule is CCCCCCCCCCCCC/C=C/[C@@H](O)[C@H](CO)NC(=O)CCCCCCCCCCCCC(C)C. The summed E-state index contributed by atoms with van der Waals surface area (Å²) in [4.78, 5) is 12.3. The van der Waals surface area contributed by atoms with Gasteiger partial charge in [-0.05, 0) is 25.2 Å². The van der Waals surface area contributed by atoms with E-state index in [-0.39, 0.29) is 12.5 Å². The Morgan fingerprint density at radius 2 is 1.13 bits per heavy atom. The van der Waals surface area contributed by atoms with Gasteiger partial charge in [-0.2, -0.15) is 0 Å². The fourth-order valence-electron chi connectivity index (χ4n) is 5.07. The highest BCUT2D eigenvalue weighted by atomic mass is 16.3. The van der Waals surface area contributed by atoms with E-state index in [1.54, 1.807) is 6.08 Å². The van der Waals surface area contributed by atoms with Crippen molar-refractivity contribution in [3.8, 4) is 0 Å². The molecule has 4 nitrogen and oxygen atoms in total. The molecule has 1 amide bonds. The first-order valence-corrected chi connectivity index (χ1v) is 16.8. The predicted octanol–water partition coefficient (Wildman–Crippen LogP) is 9.42. The standard InChI is InChI=1S/C34H67NO3/c1-4-5-6-7-8-9-10-11-12-16-19-22-25-28-33(37)32(30-36)35-34(38)29-26-23-20-17-14-13-15-18-21-24-27-31(2)3/h25,28,31-33,36-37H,4-24,26-27,29-30H2,1-3H3,(H,35,38)/b28-25+/t32-,33+/m0/s1. The largest absolute Gasteiger partial charge is 0.394 e. The lowest BCUT2D eigenvalue weighted by Gasteiger charge is -2.20. The Bertz CT molecular complexity index is 520. The van der Waals surface area contributed by atoms with Crippen LogP contribution in [0.3, 0.4) is 0 Å². The van der Waals surface area contributed by atoms with Crippen molar-refractivity contribution < 1.29 is 15.0 Å². The number of hydrogen-bond acceptors (Lipinski definition) is 3. The summed E-state index contributed by atoms with van der Waals surface area (Å²) < 4.78 is 0. The van der Waals surface area contributed by atoms with E-state index in [2.05, 4.69) is 26.1 Å². The number of hydrogen-bond donors (Lipinski definition) is 3. The smallest absolute Gasteiger partial charge is 0.220 e. The highest BCUT2D eigenvalue weighted by Gasteiger charge is 2.17. The van der Waals surface area contributed by atoms with Crippen LogP contribution in [0.15, 0.2) is 12.2 Å². The summed E-state index contributed by atoms with van der Waals surface area (Å²) in [6, 6.07) is -0.614. The molecule has 0 aromatic rings. The Balaban J connectivity index is 3.64. The Hall–Kier alpha value is -0.870. The van der Waals surface area contributed by atoms with Gasteiger partial charge >= 0.3 is 0 Å². The molecule has 0 fully saturated rings. The summed E-state index contributed by atoms with van der Waals surface area (Å²) >= 11 is 0. The molecule has 0 aromatic heterocycles. The molecule has 0 rings (SSSR count). The van der Waals surface area contributed by atoms with Crippen LogP contribution in [0.4, 0.5) is 0 Å². The number of rotatable bonds is 29. The van der Waals surface area contributed by atoms with Crippen LogP contribution in [0, 0.1) is 5.92 Å². The van der Waals surface area contributed by atoms with Crippen molar-refractivity contribution in [2.75, 3.05) is 6.61 Å². The van der Waals surface area contributed by atoms with Crippen LogP contribution in [0.25, 0.3) is 0 Å². The quantitative estimate of drug-likeness (QED) is 0.0657. The van der Waals surface area contributed by atoms with Gasteiger partial charge in [0.25, 0.3) is 0 Å². The summed E-state index contributed by atoms with van der Waals surface area (Å²) in [6.07, 6.45) is 32.8. The van der Waals surface area contributed by atoms with Crippen LogP contribution in [0.2, 0.25) is 0 Å². The average molecular weight is 538 g/mol. The average Bonchev–Trinajstić information content (AvgIpc) is 2.90. The highest BCUT2D eigenvalue weighted by Crippen LogP contribution is 2.14. The molecule has 0 aliphatic heterocycles. The zero-order valence-corrected chi connectivity index (χ0v) is 25.9. The molecule has 0 radical (unpaired) electrons. The van der Waals surface area contributed by atoms with Gasteiger partial charge in [0.15, 0.2) is 0 Å². The molecule has 0 aromatic carbocycles. The second-order valence-electron chi connectivity index (χ2n) is 12.1. The molecule has 0 saturated carbocycles. The van der Waals surface area contributed by atoms with E-state index in [1.807, 2.05) is 6.08 Å². The number of aliphatic hydroxyl groups excluding tert-OH is 2. The molecule has 38 heavy (non-hydrogen) atoms. The first-order valence-electron chi connectivity index (χ1n) is 16.8. The van der Waals surface area contributed by atoms with Crippen molar-refractivity contribution in [2.45, 2.75) is 187 Å². The Labute approximate surface area is 237 Å². The zero-order valence-electron chi connectivity index (χ0n) is 25.9. The van der Waals surface area contributed by atoms with Gasteiger partial charge < -0.3 is 15.5 Å². The summed E-state index contributed by atoms with van der Waals surface area (Å²) in [6.45, 7) is 6.63. The van der Waals surface area contributed by atoms with Gasteiger partial charge in [-0.15, -0.1) is 0 Å². The topological polar surface area (TPSA) is 69.6 Å². The monoisotopic (exact) mass is 538 g/mol. The third-order valence-electron chi connectivity index (χ3n) is 7.70. The molecule has 226 valence electrons. The van der Waals surface area contributed by atoms with Crippen LogP contribution in [-0.4, -0.2) is 34.9 Å². The fraction of sp³-hybridized carbons (Fsp3) is 0.912. The van der Waals surface area contributed by atoms with Crippen LogP contribution in [0.1, 0.15) is 175 Å². The maximum Gasteiger partial charge on any atom is 0.220 e. The lowest BCUT2D eigenvalue weighted by Crippen LogP contribution is -2.45. The summed E-state index contributed by atoms with van der Waals surface area (Å²) in [7, 11) is 0. The van der Waals surface area contributed by atoms with Crippen molar-refractivity contribution in [2.24, 2.45) is 5.92 Å². The number of amides is 1. The fourth-order valence-corrected chi connectivity index (χ4v) is 5.07. The van der Waals surface area contributed by atoms with E-state index in [4.69, 9.17) is 0 Å². The number of aliphatic hydroxyl groups is 2. The number of unbranched alkanes of at least 4 members (excludes halogenated alkanes) is 20. The lowest BCUT2D eigenvalue weighted by molar-refractivity contribution is -0.123. The van der Waals surface area contributed by atoms with Crippen molar-refractivity contribution in [3.05, 3.63) is 12.2 Å². The third-order valence-corrected chi connectivity index (χ3v) is 7.70. The zero-order chi connectivity index (χ0) is 28.1. The minimum atomic E-state index is -0.831. The molecule has 3 N–H and O–H groups in total. The molecule has 0 unspecified atom stereocenters. The number of carbonyl (C=O) groups is 1. The molecule has 0 saturated heterocycles. The van der Waals surface area contributed by atoms with E-state index in [0.717, 1.165) is 31.6 Å². The minimum absolute atomic E-state index is 0.0664. The third kappa shape index (κ3) is 26.7. The summed E-state index contributed by atoms with van der Waals surface area (Å²) in [5.41, 5.74) is 0. The van der Waals surface area contributed by atoms with Crippen LogP contribution in [0.5, 0.6) is 0 Å². The minimum Gasteiger partial charge on any atom is -0.394 e. The Morgan fingerprint density at radius 1 is 0.684 bits per heavy atom. The van der Waals surface area contributed by atoms with Crippen molar-refractivity contribution in [1.29, 1.82) is 0 Å².